The molecule has 1 aromatic rings. The molecule has 1 aliphatic carbocycles. The quantitative estimate of drug-likeness (QED) is 0.885. The molecule has 0 aliphatic heterocycles. The molecule has 1 aromatic carbocycles. The maximum absolute atomic E-state index is 13.5. The lowest BCUT2D eigenvalue weighted by Crippen LogP contribution is -2.44. The summed E-state index contributed by atoms with van der Waals surface area (Å²) >= 11 is 0. The second kappa shape index (κ2) is 8.13. The van der Waals surface area contributed by atoms with E-state index in [0.717, 1.165) is 12.8 Å². The zero-order valence-electron chi connectivity index (χ0n) is 12.7. The van der Waals surface area contributed by atoms with Gasteiger partial charge in [0, 0.05) is 6.04 Å². The van der Waals surface area contributed by atoms with Crippen molar-refractivity contribution in [2.75, 3.05) is 5.32 Å². The molecular formula is C17H25FN2O. The Morgan fingerprint density at radius 2 is 1.76 bits per heavy atom. The largest absolute Gasteiger partial charge is 0.322 e. The number of benzene rings is 1. The van der Waals surface area contributed by atoms with Gasteiger partial charge in [-0.15, -0.1) is 0 Å². The number of para-hydroxylation sites is 1. The Morgan fingerprint density at radius 1 is 1.14 bits per heavy atom. The van der Waals surface area contributed by atoms with Crippen LogP contribution in [0.2, 0.25) is 0 Å². The second-order valence-electron chi connectivity index (χ2n) is 5.90. The molecule has 0 radical (unpaired) electrons. The van der Waals surface area contributed by atoms with Gasteiger partial charge in [0.05, 0.1) is 11.7 Å². The predicted molar refractivity (Wildman–Crippen MR) is 83.7 cm³/mol. The minimum atomic E-state index is -0.399. The molecule has 0 saturated heterocycles. The molecule has 1 aliphatic rings. The van der Waals surface area contributed by atoms with Gasteiger partial charge in [-0.2, -0.15) is 0 Å². The third-order valence-corrected chi connectivity index (χ3v) is 4.12. The molecule has 1 atom stereocenters. The lowest BCUT2D eigenvalue weighted by molar-refractivity contribution is -0.118. The Hall–Kier alpha value is -1.42. The van der Waals surface area contributed by atoms with Crippen molar-refractivity contribution < 1.29 is 9.18 Å². The lowest BCUT2D eigenvalue weighted by Gasteiger charge is -2.24. The third-order valence-electron chi connectivity index (χ3n) is 4.12. The van der Waals surface area contributed by atoms with Gasteiger partial charge in [0.25, 0.3) is 0 Å². The average molecular weight is 292 g/mol. The second-order valence-corrected chi connectivity index (χ2v) is 5.90. The van der Waals surface area contributed by atoms with Crippen molar-refractivity contribution in [1.29, 1.82) is 0 Å². The molecule has 1 fully saturated rings. The summed E-state index contributed by atoms with van der Waals surface area (Å²) < 4.78 is 13.5. The molecular weight excluding hydrogens is 267 g/mol. The molecule has 2 N–H and O–H groups in total. The van der Waals surface area contributed by atoms with Gasteiger partial charge in [-0.3, -0.25) is 4.79 Å². The Labute approximate surface area is 126 Å². The van der Waals surface area contributed by atoms with Crippen LogP contribution in [0.3, 0.4) is 0 Å². The number of anilines is 1. The van der Waals surface area contributed by atoms with E-state index in [9.17, 15) is 9.18 Å². The molecule has 116 valence electrons. The highest BCUT2D eigenvalue weighted by Crippen LogP contribution is 2.18. The first-order chi connectivity index (χ1) is 10.2. The summed E-state index contributed by atoms with van der Waals surface area (Å²) in [5.41, 5.74) is 0.244. The Balaban J connectivity index is 1.85. The van der Waals surface area contributed by atoms with Crippen LogP contribution in [0.4, 0.5) is 10.1 Å². The molecule has 3 nitrogen and oxygen atoms in total. The van der Waals surface area contributed by atoms with Gasteiger partial charge in [-0.25, -0.2) is 4.39 Å². The van der Waals surface area contributed by atoms with Gasteiger partial charge < -0.3 is 10.6 Å². The number of nitrogens with one attached hydrogen (secondary N) is 2. The SMILES string of the molecule is C[C@@H](NC1CCCCCCC1)C(=O)Nc1ccccc1F. The molecule has 0 heterocycles. The van der Waals surface area contributed by atoms with Gasteiger partial charge in [0.1, 0.15) is 5.82 Å². The Bertz CT molecular complexity index is 456. The minimum Gasteiger partial charge on any atom is -0.322 e. The summed E-state index contributed by atoms with van der Waals surface area (Å²) in [7, 11) is 0. The van der Waals surface area contributed by atoms with E-state index in [1.54, 1.807) is 18.2 Å². The summed E-state index contributed by atoms with van der Waals surface area (Å²) in [5, 5.41) is 6.04. The fourth-order valence-corrected chi connectivity index (χ4v) is 2.86. The van der Waals surface area contributed by atoms with Gasteiger partial charge in [0.2, 0.25) is 5.91 Å². The standard InChI is InChI=1S/C17H25FN2O/c1-13(19-14-9-5-3-2-4-6-10-14)17(21)20-16-12-8-7-11-15(16)18/h7-8,11-14,19H,2-6,9-10H2,1H3,(H,20,21)/t13-/m1/s1. The highest BCUT2D eigenvalue weighted by atomic mass is 19.1. The molecule has 21 heavy (non-hydrogen) atoms. The smallest absolute Gasteiger partial charge is 0.241 e. The topological polar surface area (TPSA) is 41.1 Å². The number of hydrogen-bond donors (Lipinski definition) is 2. The molecule has 0 spiro atoms. The first-order valence-electron chi connectivity index (χ1n) is 7.98. The number of amides is 1. The van der Waals surface area contributed by atoms with Gasteiger partial charge in [-0.05, 0) is 31.9 Å². The van der Waals surface area contributed by atoms with Crippen LogP contribution < -0.4 is 10.6 Å². The van der Waals surface area contributed by atoms with Crippen molar-refractivity contribution in [2.45, 2.75) is 64.0 Å². The van der Waals surface area contributed by atoms with Crippen molar-refractivity contribution in [3.05, 3.63) is 30.1 Å². The first-order valence-corrected chi connectivity index (χ1v) is 7.98. The summed E-state index contributed by atoms with van der Waals surface area (Å²) in [6.07, 6.45) is 8.59. The number of rotatable bonds is 4. The van der Waals surface area contributed by atoms with E-state index >= 15 is 0 Å². The highest BCUT2D eigenvalue weighted by Gasteiger charge is 2.19. The maximum atomic E-state index is 13.5. The number of carbonyl (C=O) groups excluding carboxylic acids is 1. The van der Waals surface area contributed by atoms with E-state index in [2.05, 4.69) is 10.6 Å². The molecule has 1 amide bonds. The van der Waals surface area contributed by atoms with Crippen molar-refractivity contribution >= 4 is 11.6 Å². The van der Waals surface area contributed by atoms with Crippen LogP contribution in [0, 0.1) is 5.82 Å². The van der Waals surface area contributed by atoms with Crippen LogP contribution in [-0.2, 0) is 4.79 Å². The average Bonchev–Trinajstić information content (AvgIpc) is 2.44. The van der Waals surface area contributed by atoms with Crippen LogP contribution >= 0.6 is 0 Å². The van der Waals surface area contributed by atoms with E-state index in [0.29, 0.717) is 6.04 Å². The van der Waals surface area contributed by atoms with E-state index < -0.39 is 5.82 Å². The first kappa shape index (κ1) is 16.0. The fraction of sp³-hybridized carbons (Fsp3) is 0.588. The van der Waals surface area contributed by atoms with Crippen LogP contribution in [-0.4, -0.2) is 18.0 Å². The maximum Gasteiger partial charge on any atom is 0.241 e. The normalized spacial score (nSPS) is 18.6. The fourth-order valence-electron chi connectivity index (χ4n) is 2.86. The van der Waals surface area contributed by atoms with Crippen molar-refractivity contribution in [2.24, 2.45) is 0 Å². The molecule has 4 heteroatoms. The minimum absolute atomic E-state index is 0.179. The number of hydrogen-bond acceptors (Lipinski definition) is 2. The van der Waals surface area contributed by atoms with E-state index in [4.69, 9.17) is 0 Å². The highest BCUT2D eigenvalue weighted by molar-refractivity contribution is 5.94. The molecule has 0 aromatic heterocycles. The summed E-state index contributed by atoms with van der Waals surface area (Å²) in [4.78, 5) is 12.2. The van der Waals surface area contributed by atoms with Crippen molar-refractivity contribution in [3.63, 3.8) is 0 Å². The van der Waals surface area contributed by atoms with Crippen LogP contribution in [0.15, 0.2) is 24.3 Å². The van der Waals surface area contributed by atoms with Gasteiger partial charge in [0.15, 0.2) is 0 Å². The summed E-state index contributed by atoms with van der Waals surface area (Å²) in [6.45, 7) is 1.84. The van der Waals surface area contributed by atoms with Crippen LogP contribution in [0.1, 0.15) is 51.9 Å². The number of carbonyl (C=O) groups is 1. The Kier molecular flexibility index (Phi) is 6.18. The molecule has 2 rings (SSSR count). The number of halogens is 1. The zero-order chi connectivity index (χ0) is 15.1. The van der Waals surface area contributed by atoms with E-state index in [1.807, 2.05) is 6.92 Å². The monoisotopic (exact) mass is 292 g/mol. The third kappa shape index (κ3) is 5.12. The molecule has 1 saturated carbocycles. The molecule has 0 unspecified atom stereocenters. The molecule has 0 bridgehead atoms. The summed E-state index contributed by atoms with van der Waals surface area (Å²) in [5.74, 6) is -0.578. The van der Waals surface area contributed by atoms with Crippen molar-refractivity contribution in [3.8, 4) is 0 Å². The van der Waals surface area contributed by atoms with Crippen LogP contribution in [0.25, 0.3) is 0 Å². The predicted octanol–water partition coefficient (Wildman–Crippen LogP) is 3.86. The van der Waals surface area contributed by atoms with E-state index in [1.165, 1.54) is 38.2 Å². The van der Waals surface area contributed by atoms with Gasteiger partial charge in [-0.1, -0.05) is 44.2 Å². The Morgan fingerprint density at radius 3 is 2.43 bits per heavy atom. The van der Waals surface area contributed by atoms with E-state index in [-0.39, 0.29) is 17.6 Å². The lowest BCUT2D eigenvalue weighted by atomic mass is 9.96. The zero-order valence-corrected chi connectivity index (χ0v) is 12.7. The van der Waals surface area contributed by atoms with Crippen molar-refractivity contribution in [1.82, 2.24) is 5.32 Å². The van der Waals surface area contributed by atoms with Gasteiger partial charge >= 0.3 is 0 Å². The van der Waals surface area contributed by atoms with Crippen LogP contribution in [0.5, 0.6) is 0 Å². The summed E-state index contributed by atoms with van der Waals surface area (Å²) in [6, 6.07) is 6.34.